The molecule has 2 N–H and O–H groups in total. The van der Waals surface area contributed by atoms with Crippen LogP contribution in [0.15, 0.2) is 11.1 Å². The molecule has 1 aliphatic rings. The molecular formula is C7H13NO2S. The Balaban J connectivity index is 2.60. The Labute approximate surface area is 70.7 Å². The standard InChI is InChI=1S/C7H13NO2S/c1-5-8(2)6(4-11-5)7(10)3-9/h4-5,7,9-10H,3H2,1-2H3. The Bertz CT molecular complexity index is 172. The zero-order chi connectivity index (χ0) is 8.43. The van der Waals surface area contributed by atoms with E-state index in [9.17, 15) is 5.11 Å². The number of aliphatic hydroxyl groups excluding tert-OH is 2. The molecule has 0 amide bonds. The third-order valence-corrected chi connectivity index (χ3v) is 2.94. The summed E-state index contributed by atoms with van der Waals surface area (Å²) in [4.78, 5) is 1.96. The van der Waals surface area contributed by atoms with E-state index in [0.717, 1.165) is 5.70 Å². The lowest BCUT2D eigenvalue weighted by Crippen LogP contribution is -2.29. The average Bonchev–Trinajstić information content (AvgIpc) is 2.32. The lowest BCUT2D eigenvalue weighted by Gasteiger charge is -2.23. The number of rotatable bonds is 2. The summed E-state index contributed by atoms with van der Waals surface area (Å²) in [6, 6.07) is 0. The minimum atomic E-state index is -0.725. The van der Waals surface area contributed by atoms with E-state index in [-0.39, 0.29) is 6.61 Å². The third kappa shape index (κ3) is 1.69. The highest BCUT2D eigenvalue weighted by molar-refractivity contribution is 8.02. The molecule has 0 spiro atoms. The molecule has 0 bridgehead atoms. The summed E-state index contributed by atoms with van der Waals surface area (Å²) in [6.45, 7) is 1.85. The van der Waals surface area contributed by atoms with Gasteiger partial charge in [0.05, 0.1) is 17.7 Å². The Hall–Kier alpha value is -0.190. The summed E-state index contributed by atoms with van der Waals surface area (Å²) in [7, 11) is 1.91. The smallest absolute Gasteiger partial charge is 0.117 e. The van der Waals surface area contributed by atoms with Crippen LogP contribution in [0.4, 0.5) is 0 Å². The molecule has 1 aliphatic heterocycles. The van der Waals surface area contributed by atoms with Crippen LogP contribution in [0.25, 0.3) is 0 Å². The van der Waals surface area contributed by atoms with Crippen LogP contribution in [0.3, 0.4) is 0 Å². The van der Waals surface area contributed by atoms with Gasteiger partial charge in [-0.3, -0.25) is 0 Å². The van der Waals surface area contributed by atoms with Crippen molar-refractivity contribution in [2.75, 3.05) is 13.7 Å². The first-order chi connectivity index (χ1) is 5.16. The van der Waals surface area contributed by atoms with Crippen molar-refractivity contribution < 1.29 is 10.2 Å². The fraction of sp³-hybridized carbons (Fsp3) is 0.714. The van der Waals surface area contributed by atoms with Gasteiger partial charge >= 0.3 is 0 Å². The maximum Gasteiger partial charge on any atom is 0.117 e. The van der Waals surface area contributed by atoms with Gasteiger partial charge in [-0.2, -0.15) is 0 Å². The number of likely N-dealkylation sites (N-methyl/N-ethyl adjacent to an activating group) is 1. The van der Waals surface area contributed by atoms with Crippen LogP contribution < -0.4 is 0 Å². The molecule has 4 heteroatoms. The number of nitrogens with zero attached hydrogens (tertiary/aromatic N) is 1. The van der Waals surface area contributed by atoms with Gasteiger partial charge in [0.15, 0.2) is 0 Å². The molecule has 11 heavy (non-hydrogen) atoms. The quantitative estimate of drug-likeness (QED) is 0.629. The lowest BCUT2D eigenvalue weighted by molar-refractivity contribution is 0.100. The molecule has 0 aromatic heterocycles. The summed E-state index contributed by atoms with van der Waals surface area (Å²) in [6.07, 6.45) is -0.725. The van der Waals surface area contributed by atoms with Crippen molar-refractivity contribution >= 4 is 11.8 Å². The number of aliphatic hydroxyl groups is 2. The number of hydrogen-bond acceptors (Lipinski definition) is 4. The van der Waals surface area contributed by atoms with E-state index in [0.29, 0.717) is 5.37 Å². The molecule has 2 unspecified atom stereocenters. The Morgan fingerprint density at radius 2 is 2.45 bits per heavy atom. The summed E-state index contributed by atoms with van der Waals surface area (Å²) in [5.74, 6) is 0. The van der Waals surface area contributed by atoms with Gasteiger partial charge in [-0.15, -0.1) is 11.8 Å². The lowest BCUT2D eigenvalue weighted by atomic mass is 10.3. The summed E-state index contributed by atoms with van der Waals surface area (Å²) < 4.78 is 0. The van der Waals surface area contributed by atoms with Gasteiger partial charge < -0.3 is 15.1 Å². The second-order valence-electron chi connectivity index (χ2n) is 2.59. The van der Waals surface area contributed by atoms with Gasteiger partial charge in [-0.1, -0.05) is 0 Å². The first-order valence-corrected chi connectivity index (χ1v) is 4.48. The van der Waals surface area contributed by atoms with Crippen molar-refractivity contribution in [2.24, 2.45) is 0 Å². The van der Waals surface area contributed by atoms with Crippen LogP contribution >= 0.6 is 11.8 Å². The molecule has 1 rings (SSSR count). The Morgan fingerprint density at radius 1 is 1.82 bits per heavy atom. The predicted octanol–water partition coefficient (Wildman–Crippen LogP) is 0.206. The van der Waals surface area contributed by atoms with Crippen molar-refractivity contribution in [2.45, 2.75) is 18.4 Å². The van der Waals surface area contributed by atoms with Crippen LogP contribution in [0.5, 0.6) is 0 Å². The second kappa shape index (κ2) is 3.47. The van der Waals surface area contributed by atoms with Crippen LogP contribution in [0.1, 0.15) is 6.92 Å². The van der Waals surface area contributed by atoms with E-state index < -0.39 is 6.10 Å². The second-order valence-corrected chi connectivity index (χ2v) is 3.78. The first kappa shape index (κ1) is 8.90. The van der Waals surface area contributed by atoms with Gasteiger partial charge in [0.1, 0.15) is 6.10 Å². The number of hydrogen-bond donors (Lipinski definition) is 2. The SMILES string of the molecule is CC1SC=C(C(O)CO)N1C. The normalized spacial score (nSPS) is 27.1. The topological polar surface area (TPSA) is 43.7 Å². The van der Waals surface area contributed by atoms with E-state index in [2.05, 4.69) is 6.92 Å². The molecule has 3 nitrogen and oxygen atoms in total. The third-order valence-electron chi connectivity index (χ3n) is 1.85. The number of thioether (sulfide) groups is 1. The highest BCUT2D eigenvalue weighted by Crippen LogP contribution is 2.30. The molecule has 1 heterocycles. The largest absolute Gasteiger partial charge is 0.393 e. The maximum absolute atomic E-state index is 9.27. The highest BCUT2D eigenvalue weighted by atomic mass is 32.2. The van der Waals surface area contributed by atoms with Gasteiger partial charge in [0, 0.05) is 7.05 Å². The zero-order valence-corrected chi connectivity index (χ0v) is 7.51. The molecule has 0 fully saturated rings. The van der Waals surface area contributed by atoms with E-state index in [1.54, 1.807) is 11.8 Å². The monoisotopic (exact) mass is 175 g/mol. The molecule has 0 radical (unpaired) electrons. The van der Waals surface area contributed by atoms with Crippen molar-refractivity contribution in [1.29, 1.82) is 0 Å². The van der Waals surface area contributed by atoms with E-state index in [4.69, 9.17) is 5.11 Å². The molecule has 0 aromatic carbocycles. The minimum absolute atomic E-state index is 0.205. The van der Waals surface area contributed by atoms with Crippen molar-refractivity contribution in [3.63, 3.8) is 0 Å². The van der Waals surface area contributed by atoms with Gasteiger partial charge in [0.2, 0.25) is 0 Å². The maximum atomic E-state index is 9.27. The van der Waals surface area contributed by atoms with E-state index >= 15 is 0 Å². The average molecular weight is 175 g/mol. The van der Waals surface area contributed by atoms with E-state index in [1.165, 1.54) is 0 Å². The van der Waals surface area contributed by atoms with Crippen molar-refractivity contribution in [3.8, 4) is 0 Å². The van der Waals surface area contributed by atoms with Gasteiger partial charge in [-0.25, -0.2) is 0 Å². The molecular weight excluding hydrogens is 162 g/mol. The molecule has 64 valence electrons. The van der Waals surface area contributed by atoms with E-state index in [1.807, 2.05) is 17.4 Å². The van der Waals surface area contributed by atoms with Gasteiger partial charge in [0.25, 0.3) is 0 Å². The first-order valence-electron chi connectivity index (χ1n) is 3.54. The highest BCUT2D eigenvalue weighted by Gasteiger charge is 2.23. The summed E-state index contributed by atoms with van der Waals surface area (Å²) in [5.41, 5.74) is 0.810. The fourth-order valence-corrected chi connectivity index (χ4v) is 1.92. The van der Waals surface area contributed by atoms with Crippen LogP contribution in [0.2, 0.25) is 0 Å². The molecule has 0 saturated heterocycles. The predicted molar refractivity (Wildman–Crippen MR) is 46.0 cm³/mol. The Kier molecular flexibility index (Phi) is 2.81. The minimum Gasteiger partial charge on any atom is -0.393 e. The fourth-order valence-electron chi connectivity index (χ4n) is 0.960. The molecule has 0 aliphatic carbocycles. The van der Waals surface area contributed by atoms with Crippen molar-refractivity contribution in [3.05, 3.63) is 11.1 Å². The Morgan fingerprint density at radius 3 is 2.82 bits per heavy atom. The van der Waals surface area contributed by atoms with Crippen LogP contribution in [-0.2, 0) is 0 Å². The van der Waals surface area contributed by atoms with Crippen LogP contribution in [0, 0.1) is 0 Å². The summed E-state index contributed by atoms with van der Waals surface area (Å²) >= 11 is 1.65. The molecule has 0 saturated carbocycles. The van der Waals surface area contributed by atoms with Gasteiger partial charge in [-0.05, 0) is 12.3 Å². The summed E-state index contributed by atoms with van der Waals surface area (Å²) in [5, 5.41) is 20.2. The molecule has 2 atom stereocenters. The van der Waals surface area contributed by atoms with Crippen molar-refractivity contribution in [1.82, 2.24) is 4.90 Å². The zero-order valence-electron chi connectivity index (χ0n) is 6.69. The van der Waals surface area contributed by atoms with Crippen LogP contribution in [-0.4, -0.2) is 40.2 Å². The molecule has 0 aromatic rings.